The molecule has 0 atom stereocenters. The highest BCUT2D eigenvalue weighted by Gasteiger charge is 2.21. The first-order chi connectivity index (χ1) is 15.0. The van der Waals surface area contributed by atoms with Crippen LogP contribution in [-0.4, -0.2) is 40.9 Å². The second-order valence-corrected chi connectivity index (χ2v) is 8.32. The number of benzene rings is 2. The third-order valence-electron chi connectivity index (χ3n) is 4.65. The fourth-order valence-electron chi connectivity index (χ4n) is 3.06. The van der Waals surface area contributed by atoms with Gasteiger partial charge >= 0.3 is 0 Å². The summed E-state index contributed by atoms with van der Waals surface area (Å²) in [6.45, 7) is 5.45. The molecule has 1 aliphatic rings. The van der Waals surface area contributed by atoms with E-state index in [0.29, 0.717) is 33.5 Å². The van der Waals surface area contributed by atoms with Gasteiger partial charge < -0.3 is 14.4 Å². The average Bonchev–Trinajstić information content (AvgIpc) is 3.19. The SMILES string of the molecule is CC(C)Oc1cc(Oc2ccc(C(=O)N3CCC3)cc2)cc(C(=O)Nc2nccs2)c1. The molecular formula is C23H23N3O4S. The van der Waals surface area contributed by atoms with Gasteiger partial charge in [0.25, 0.3) is 11.8 Å². The maximum Gasteiger partial charge on any atom is 0.257 e. The zero-order valence-electron chi connectivity index (χ0n) is 17.3. The Bertz CT molecular complexity index is 1060. The Morgan fingerprint density at radius 3 is 2.39 bits per heavy atom. The molecule has 1 fully saturated rings. The van der Waals surface area contributed by atoms with Crippen molar-refractivity contribution in [3.8, 4) is 17.2 Å². The third kappa shape index (κ3) is 5.21. The number of anilines is 1. The van der Waals surface area contributed by atoms with Crippen molar-refractivity contribution >= 4 is 28.3 Å². The number of carbonyl (C=O) groups is 2. The minimum atomic E-state index is -0.301. The van der Waals surface area contributed by atoms with E-state index in [1.807, 2.05) is 18.7 Å². The molecule has 0 saturated carbocycles. The van der Waals surface area contributed by atoms with Gasteiger partial charge in [0.1, 0.15) is 17.2 Å². The fraction of sp³-hybridized carbons (Fsp3) is 0.261. The van der Waals surface area contributed by atoms with Crippen molar-refractivity contribution in [3.05, 3.63) is 65.2 Å². The molecule has 8 heteroatoms. The topological polar surface area (TPSA) is 80.8 Å². The van der Waals surface area contributed by atoms with Gasteiger partial charge in [0.05, 0.1) is 6.10 Å². The lowest BCUT2D eigenvalue weighted by molar-refractivity contribution is 0.0651. The Labute approximate surface area is 184 Å². The van der Waals surface area contributed by atoms with Crippen molar-refractivity contribution in [3.63, 3.8) is 0 Å². The van der Waals surface area contributed by atoms with Gasteiger partial charge in [-0.3, -0.25) is 14.9 Å². The van der Waals surface area contributed by atoms with Crippen LogP contribution in [0.1, 0.15) is 41.0 Å². The first-order valence-corrected chi connectivity index (χ1v) is 11.0. The molecule has 0 spiro atoms. The molecular weight excluding hydrogens is 414 g/mol. The summed E-state index contributed by atoms with van der Waals surface area (Å²) in [4.78, 5) is 30.9. The minimum Gasteiger partial charge on any atom is -0.491 e. The van der Waals surface area contributed by atoms with Crippen LogP contribution in [-0.2, 0) is 0 Å². The lowest BCUT2D eigenvalue weighted by atomic mass is 10.1. The highest BCUT2D eigenvalue weighted by Crippen LogP contribution is 2.29. The summed E-state index contributed by atoms with van der Waals surface area (Å²) in [5.74, 6) is 1.29. The molecule has 4 rings (SSSR count). The number of aromatic nitrogens is 1. The second-order valence-electron chi connectivity index (χ2n) is 7.42. The number of nitrogens with zero attached hydrogens (tertiary/aromatic N) is 2. The Balaban J connectivity index is 1.53. The molecule has 31 heavy (non-hydrogen) atoms. The van der Waals surface area contributed by atoms with Gasteiger partial charge in [-0.1, -0.05) is 0 Å². The number of likely N-dealkylation sites (tertiary alicyclic amines) is 1. The van der Waals surface area contributed by atoms with E-state index < -0.39 is 0 Å². The Kier molecular flexibility index (Phi) is 6.18. The normalized spacial score (nSPS) is 12.9. The van der Waals surface area contributed by atoms with Crippen LogP contribution in [0.5, 0.6) is 17.2 Å². The lowest BCUT2D eigenvalue weighted by Gasteiger charge is -2.30. The quantitative estimate of drug-likeness (QED) is 0.573. The first-order valence-electron chi connectivity index (χ1n) is 10.1. The summed E-state index contributed by atoms with van der Waals surface area (Å²) in [5, 5.41) is 5.08. The number of ether oxygens (including phenoxy) is 2. The van der Waals surface area contributed by atoms with Crippen molar-refractivity contribution in [2.45, 2.75) is 26.4 Å². The van der Waals surface area contributed by atoms with Crippen LogP contribution in [0.15, 0.2) is 54.0 Å². The number of amides is 2. The maximum atomic E-state index is 12.7. The summed E-state index contributed by atoms with van der Waals surface area (Å²) in [6.07, 6.45) is 2.63. The van der Waals surface area contributed by atoms with Gasteiger partial charge in [-0.05, 0) is 56.7 Å². The Morgan fingerprint density at radius 1 is 1.03 bits per heavy atom. The Hall–Kier alpha value is -3.39. The van der Waals surface area contributed by atoms with Crippen molar-refractivity contribution in [2.75, 3.05) is 18.4 Å². The van der Waals surface area contributed by atoms with Crippen LogP contribution in [0, 0.1) is 0 Å². The zero-order valence-corrected chi connectivity index (χ0v) is 18.1. The highest BCUT2D eigenvalue weighted by atomic mass is 32.1. The summed E-state index contributed by atoms with van der Waals surface area (Å²) >= 11 is 1.34. The smallest absolute Gasteiger partial charge is 0.257 e. The van der Waals surface area contributed by atoms with Crippen LogP contribution in [0.3, 0.4) is 0 Å². The molecule has 1 aliphatic heterocycles. The van der Waals surface area contributed by atoms with Crippen molar-refractivity contribution in [1.29, 1.82) is 0 Å². The van der Waals surface area contributed by atoms with Gasteiger partial charge in [0.15, 0.2) is 5.13 Å². The van der Waals surface area contributed by atoms with E-state index in [1.54, 1.807) is 54.0 Å². The van der Waals surface area contributed by atoms with E-state index in [9.17, 15) is 9.59 Å². The highest BCUT2D eigenvalue weighted by molar-refractivity contribution is 7.13. The van der Waals surface area contributed by atoms with Crippen molar-refractivity contribution in [1.82, 2.24) is 9.88 Å². The third-order valence-corrected chi connectivity index (χ3v) is 5.34. The largest absolute Gasteiger partial charge is 0.491 e. The van der Waals surface area contributed by atoms with Crippen LogP contribution in [0.2, 0.25) is 0 Å². The molecule has 2 heterocycles. The molecule has 0 unspecified atom stereocenters. The molecule has 1 saturated heterocycles. The van der Waals surface area contributed by atoms with E-state index in [1.165, 1.54) is 11.3 Å². The molecule has 0 bridgehead atoms. The van der Waals surface area contributed by atoms with Gasteiger partial charge in [-0.15, -0.1) is 11.3 Å². The van der Waals surface area contributed by atoms with E-state index in [2.05, 4.69) is 10.3 Å². The minimum absolute atomic E-state index is 0.0336. The predicted molar refractivity (Wildman–Crippen MR) is 119 cm³/mol. The van der Waals surface area contributed by atoms with Gasteiger partial charge in [0, 0.05) is 41.9 Å². The average molecular weight is 438 g/mol. The zero-order chi connectivity index (χ0) is 21.8. The Morgan fingerprint density at radius 2 is 1.77 bits per heavy atom. The monoisotopic (exact) mass is 437 g/mol. The van der Waals surface area contributed by atoms with Crippen LogP contribution >= 0.6 is 11.3 Å². The van der Waals surface area contributed by atoms with Gasteiger partial charge in [-0.25, -0.2) is 4.98 Å². The molecule has 160 valence electrons. The predicted octanol–water partition coefficient (Wildman–Crippen LogP) is 4.82. The maximum absolute atomic E-state index is 12.7. The molecule has 2 aromatic carbocycles. The molecule has 1 aromatic heterocycles. The van der Waals surface area contributed by atoms with E-state index >= 15 is 0 Å². The van der Waals surface area contributed by atoms with E-state index in [0.717, 1.165) is 19.5 Å². The van der Waals surface area contributed by atoms with Crippen molar-refractivity contribution in [2.24, 2.45) is 0 Å². The van der Waals surface area contributed by atoms with E-state index in [-0.39, 0.29) is 17.9 Å². The number of hydrogen-bond acceptors (Lipinski definition) is 6. The van der Waals surface area contributed by atoms with Gasteiger partial charge in [0.2, 0.25) is 0 Å². The number of thiazole rings is 1. The summed E-state index contributed by atoms with van der Waals surface area (Å²) in [5.41, 5.74) is 1.03. The number of hydrogen-bond donors (Lipinski definition) is 1. The molecule has 1 N–H and O–H groups in total. The van der Waals surface area contributed by atoms with Crippen LogP contribution in [0.4, 0.5) is 5.13 Å². The first kappa shape index (κ1) is 20.9. The summed E-state index contributed by atoms with van der Waals surface area (Å²) < 4.78 is 11.8. The molecule has 3 aromatic rings. The molecule has 0 aliphatic carbocycles. The van der Waals surface area contributed by atoms with Crippen LogP contribution in [0.25, 0.3) is 0 Å². The molecule has 7 nitrogen and oxygen atoms in total. The van der Waals surface area contributed by atoms with E-state index in [4.69, 9.17) is 9.47 Å². The van der Waals surface area contributed by atoms with Gasteiger partial charge in [-0.2, -0.15) is 0 Å². The standard InChI is InChI=1S/C23H23N3O4S/c1-15(2)29-19-12-17(21(27)25-23-24-8-11-31-23)13-20(14-19)30-18-6-4-16(5-7-18)22(28)26-9-3-10-26/h4-8,11-15H,3,9-10H2,1-2H3,(H,24,25,27). The van der Waals surface area contributed by atoms with Crippen LogP contribution < -0.4 is 14.8 Å². The molecule has 0 radical (unpaired) electrons. The number of carbonyl (C=O) groups excluding carboxylic acids is 2. The molecule has 2 amide bonds. The second kappa shape index (κ2) is 9.18. The van der Waals surface area contributed by atoms with Crippen molar-refractivity contribution < 1.29 is 19.1 Å². The number of nitrogens with one attached hydrogen (secondary N) is 1. The summed E-state index contributed by atoms with van der Waals surface area (Å²) in [6, 6.07) is 12.1. The fourth-order valence-corrected chi connectivity index (χ4v) is 3.58. The summed E-state index contributed by atoms with van der Waals surface area (Å²) in [7, 11) is 0. The lowest BCUT2D eigenvalue weighted by Crippen LogP contribution is -2.41. The number of rotatable bonds is 7.